The molecule has 2 fully saturated rings. The molecule has 0 aliphatic carbocycles. The SMILES string of the molecule is CO[C@@H]1[C@@H](n2cc(-c3ccc(C)c(F)c3F)nn2)[C@@H](O)[C@@H](CO)O[C@@H]1CC1=NO[C@]2(CCNC(=O)CC2)C1. The van der Waals surface area contributed by atoms with Gasteiger partial charge in [-0.3, -0.25) is 4.79 Å². The molecule has 0 unspecified atom stereocenters. The van der Waals surface area contributed by atoms with Crippen molar-refractivity contribution in [3.8, 4) is 11.3 Å². The van der Waals surface area contributed by atoms with Crippen molar-refractivity contribution in [3.05, 3.63) is 35.5 Å². The van der Waals surface area contributed by atoms with E-state index >= 15 is 0 Å². The number of aromatic nitrogens is 3. The quantitative estimate of drug-likeness (QED) is 0.505. The van der Waals surface area contributed by atoms with Gasteiger partial charge in [0.2, 0.25) is 5.91 Å². The zero-order valence-electron chi connectivity index (χ0n) is 21.1. The standard InChI is InChI=1S/C25H31F2N5O6/c1-13-3-4-15(21(27)20(13)26)16-11-32(31-29-16)22-23(35)18(12-33)37-17(24(22)36-2)9-14-10-25(38-30-14)6-5-19(34)28-8-7-25/h3-4,11,17-18,22-24,33,35H,5-10,12H2,1-2H3,(H,28,34)/t17-,18-,22+,23+,24+,25-/m1/s1. The molecule has 6 atom stereocenters. The van der Waals surface area contributed by atoms with Crippen LogP contribution in [0.4, 0.5) is 8.78 Å². The van der Waals surface area contributed by atoms with E-state index in [2.05, 4.69) is 20.8 Å². The van der Waals surface area contributed by atoms with Gasteiger partial charge in [-0.1, -0.05) is 16.4 Å². The topological polar surface area (TPSA) is 140 Å². The first kappa shape index (κ1) is 26.6. The lowest BCUT2D eigenvalue weighted by Gasteiger charge is -2.43. The number of ether oxygens (including phenoxy) is 2. The van der Waals surface area contributed by atoms with Crippen molar-refractivity contribution in [2.75, 3.05) is 20.3 Å². The van der Waals surface area contributed by atoms with Crippen LogP contribution in [0.15, 0.2) is 23.5 Å². The van der Waals surface area contributed by atoms with E-state index in [-0.39, 0.29) is 22.7 Å². The number of benzene rings is 1. The first-order valence-corrected chi connectivity index (χ1v) is 12.6. The number of aliphatic hydroxyl groups is 2. The number of halogens is 2. The third kappa shape index (κ3) is 4.91. The Labute approximate surface area is 217 Å². The van der Waals surface area contributed by atoms with Gasteiger partial charge in [0.15, 0.2) is 11.6 Å². The van der Waals surface area contributed by atoms with Crippen LogP contribution in [0, 0.1) is 18.6 Å². The molecule has 3 N–H and O–H groups in total. The van der Waals surface area contributed by atoms with Gasteiger partial charge in [0.05, 0.1) is 24.6 Å². The van der Waals surface area contributed by atoms with Crippen LogP contribution in [0.5, 0.6) is 0 Å². The van der Waals surface area contributed by atoms with Crippen molar-refractivity contribution in [1.29, 1.82) is 0 Å². The minimum atomic E-state index is -1.23. The summed E-state index contributed by atoms with van der Waals surface area (Å²) in [6.07, 6.45) is 0.147. The van der Waals surface area contributed by atoms with Gasteiger partial charge in [0.25, 0.3) is 0 Å². The van der Waals surface area contributed by atoms with E-state index < -0.39 is 54.3 Å². The Kier molecular flexibility index (Phi) is 7.45. The summed E-state index contributed by atoms with van der Waals surface area (Å²) in [5.74, 6) is -2.02. The fraction of sp³-hybridized carbons (Fsp3) is 0.600. The summed E-state index contributed by atoms with van der Waals surface area (Å²) in [7, 11) is 1.46. The maximum atomic E-state index is 14.6. The maximum absolute atomic E-state index is 14.6. The molecule has 2 saturated heterocycles. The molecule has 1 aromatic carbocycles. The van der Waals surface area contributed by atoms with Crippen LogP contribution in [-0.4, -0.2) is 87.1 Å². The first-order chi connectivity index (χ1) is 18.2. The fourth-order valence-electron chi connectivity index (χ4n) is 5.51. The Morgan fingerprint density at radius 3 is 2.84 bits per heavy atom. The average Bonchev–Trinajstić information content (AvgIpc) is 3.49. The van der Waals surface area contributed by atoms with E-state index in [0.717, 1.165) is 5.71 Å². The monoisotopic (exact) mass is 535 g/mol. The number of nitrogens with one attached hydrogen (secondary N) is 1. The van der Waals surface area contributed by atoms with E-state index in [9.17, 15) is 23.8 Å². The molecule has 5 rings (SSSR count). The number of hydrogen-bond acceptors (Lipinski definition) is 9. The lowest BCUT2D eigenvalue weighted by atomic mass is 9.85. The number of nitrogens with zero attached hydrogens (tertiary/aromatic N) is 4. The number of carbonyl (C=O) groups is 1. The Bertz CT molecular complexity index is 1220. The van der Waals surface area contributed by atoms with E-state index in [1.807, 2.05) is 0 Å². The van der Waals surface area contributed by atoms with Gasteiger partial charge in [0, 0.05) is 44.9 Å². The van der Waals surface area contributed by atoms with Gasteiger partial charge in [-0.25, -0.2) is 13.5 Å². The summed E-state index contributed by atoms with van der Waals surface area (Å²) < 4.78 is 41.9. The number of aliphatic hydroxyl groups excluding tert-OH is 2. The zero-order chi connectivity index (χ0) is 27.0. The van der Waals surface area contributed by atoms with Crippen molar-refractivity contribution < 1.29 is 38.1 Å². The Hall–Kier alpha value is -3.00. The number of oxime groups is 1. The van der Waals surface area contributed by atoms with Crippen LogP contribution in [0.2, 0.25) is 0 Å². The highest BCUT2D eigenvalue weighted by atomic mass is 19.2. The summed E-state index contributed by atoms with van der Waals surface area (Å²) in [5, 5.41) is 36.2. The number of aryl methyl sites for hydroxylation is 1. The smallest absolute Gasteiger partial charge is 0.220 e. The molecule has 4 heterocycles. The molecular formula is C25H31F2N5O6. The predicted molar refractivity (Wildman–Crippen MR) is 129 cm³/mol. The highest BCUT2D eigenvalue weighted by molar-refractivity contribution is 5.87. The molecular weight excluding hydrogens is 504 g/mol. The van der Waals surface area contributed by atoms with Crippen molar-refractivity contribution in [2.24, 2.45) is 5.16 Å². The van der Waals surface area contributed by atoms with Crippen LogP contribution in [0.3, 0.4) is 0 Å². The van der Waals surface area contributed by atoms with Gasteiger partial charge >= 0.3 is 0 Å². The number of rotatable bonds is 6. The summed E-state index contributed by atoms with van der Waals surface area (Å²) in [4.78, 5) is 17.6. The molecule has 13 heteroatoms. The number of hydrogen-bond donors (Lipinski definition) is 3. The van der Waals surface area contributed by atoms with Crippen LogP contribution in [0.1, 0.15) is 43.7 Å². The summed E-state index contributed by atoms with van der Waals surface area (Å²) in [6, 6.07) is 2.01. The molecule has 0 saturated carbocycles. The molecule has 1 aromatic heterocycles. The third-order valence-corrected chi connectivity index (χ3v) is 7.64. The summed E-state index contributed by atoms with van der Waals surface area (Å²) in [5.41, 5.74) is 0.340. The molecule has 0 bridgehead atoms. The van der Waals surface area contributed by atoms with Crippen LogP contribution in [-0.2, 0) is 19.1 Å². The Balaban J connectivity index is 1.38. The van der Waals surface area contributed by atoms with E-state index in [1.54, 1.807) is 0 Å². The molecule has 0 radical (unpaired) electrons. The van der Waals surface area contributed by atoms with Crippen LogP contribution < -0.4 is 5.32 Å². The average molecular weight is 536 g/mol. The van der Waals surface area contributed by atoms with E-state index in [4.69, 9.17) is 14.3 Å². The largest absolute Gasteiger partial charge is 0.394 e. The molecule has 2 aromatic rings. The molecule has 38 heavy (non-hydrogen) atoms. The highest BCUT2D eigenvalue weighted by Gasteiger charge is 2.49. The van der Waals surface area contributed by atoms with Crippen molar-refractivity contribution in [1.82, 2.24) is 20.3 Å². The second-order valence-electron chi connectivity index (χ2n) is 10.1. The third-order valence-electron chi connectivity index (χ3n) is 7.64. The van der Waals surface area contributed by atoms with E-state index in [1.165, 1.54) is 37.0 Å². The Morgan fingerprint density at radius 1 is 1.26 bits per heavy atom. The highest BCUT2D eigenvalue weighted by Crippen LogP contribution is 2.38. The minimum absolute atomic E-state index is 0.0166. The normalized spacial score (nSPS) is 31.6. The molecule has 3 aliphatic heterocycles. The maximum Gasteiger partial charge on any atom is 0.220 e. The molecule has 3 aliphatic rings. The van der Waals surface area contributed by atoms with Crippen LogP contribution in [0.25, 0.3) is 11.3 Å². The fourth-order valence-corrected chi connectivity index (χ4v) is 5.51. The lowest BCUT2D eigenvalue weighted by molar-refractivity contribution is -0.210. The Morgan fingerprint density at radius 2 is 2.08 bits per heavy atom. The van der Waals surface area contributed by atoms with E-state index in [0.29, 0.717) is 38.6 Å². The minimum Gasteiger partial charge on any atom is -0.394 e. The number of amides is 1. The van der Waals surface area contributed by atoms with Crippen molar-refractivity contribution in [3.63, 3.8) is 0 Å². The van der Waals surface area contributed by atoms with Gasteiger partial charge in [0.1, 0.15) is 35.6 Å². The zero-order valence-corrected chi connectivity index (χ0v) is 21.1. The molecule has 206 valence electrons. The van der Waals surface area contributed by atoms with Crippen molar-refractivity contribution in [2.45, 2.75) is 75.1 Å². The second-order valence-corrected chi connectivity index (χ2v) is 10.1. The summed E-state index contributed by atoms with van der Waals surface area (Å²) >= 11 is 0. The van der Waals surface area contributed by atoms with Crippen LogP contribution >= 0.6 is 0 Å². The van der Waals surface area contributed by atoms with Crippen molar-refractivity contribution >= 4 is 11.6 Å². The number of carbonyl (C=O) groups excluding carboxylic acids is 1. The first-order valence-electron chi connectivity index (χ1n) is 12.6. The molecule has 1 spiro atoms. The second kappa shape index (κ2) is 10.6. The van der Waals surface area contributed by atoms with Gasteiger partial charge in [-0.05, 0) is 25.0 Å². The lowest BCUT2D eigenvalue weighted by Crippen LogP contribution is -2.57. The molecule has 11 nitrogen and oxygen atoms in total. The van der Waals surface area contributed by atoms with Gasteiger partial charge < -0.3 is 29.8 Å². The number of methoxy groups -OCH3 is 1. The predicted octanol–water partition coefficient (Wildman–Crippen LogP) is 1.41. The van der Waals surface area contributed by atoms with Gasteiger partial charge in [-0.15, -0.1) is 5.10 Å². The summed E-state index contributed by atoms with van der Waals surface area (Å²) in [6.45, 7) is 1.50. The van der Waals surface area contributed by atoms with Gasteiger partial charge in [-0.2, -0.15) is 0 Å². The molecule has 1 amide bonds.